The van der Waals surface area contributed by atoms with Crippen LogP contribution in [0, 0.1) is 11.6 Å². The van der Waals surface area contributed by atoms with E-state index in [0.29, 0.717) is 35.5 Å². The Hall–Kier alpha value is -2.63. The van der Waals surface area contributed by atoms with Gasteiger partial charge in [0.15, 0.2) is 0 Å². The van der Waals surface area contributed by atoms with E-state index in [2.05, 4.69) is 5.32 Å². The van der Waals surface area contributed by atoms with Crippen molar-refractivity contribution in [1.29, 1.82) is 0 Å². The average Bonchev–Trinajstić information content (AvgIpc) is 2.39. The molecule has 0 heterocycles. The highest BCUT2D eigenvalue weighted by Gasteiger charge is 2.05. The molecular formula is C15H15F2N3O. The van der Waals surface area contributed by atoms with Gasteiger partial charge in [0, 0.05) is 18.2 Å². The second-order valence-electron chi connectivity index (χ2n) is 4.62. The first-order valence-electron chi connectivity index (χ1n) is 6.34. The number of primary amides is 1. The van der Waals surface area contributed by atoms with Gasteiger partial charge < -0.3 is 16.8 Å². The number of amides is 1. The largest absolute Gasteiger partial charge is 0.397 e. The maximum absolute atomic E-state index is 13.0. The standard InChI is InChI=1S/C15H15F2N3O/c16-11-5-9(6-12(17)8-11)3-4-20-14-2-1-10(15(19)21)7-13(14)18/h1-2,5-8,20H,3-4,18H2,(H2,19,21). The van der Waals surface area contributed by atoms with Gasteiger partial charge in [-0.15, -0.1) is 0 Å². The highest BCUT2D eigenvalue weighted by atomic mass is 19.1. The molecule has 2 rings (SSSR count). The SMILES string of the molecule is NC(=O)c1ccc(NCCc2cc(F)cc(F)c2)c(N)c1. The van der Waals surface area contributed by atoms with Crippen molar-refractivity contribution in [3.8, 4) is 0 Å². The molecule has 5 N–H and O–H groups in total. The number of nitrogens with one attached hydrogen (secondary N) is 1. The highest BCUT2D eigenvalue weighted by molar-refractivity contribution is 5.94. The van der Waals surface area contributed by atoms with E-state index in [0.717, 1.165) is 6.07 Å². The van der Waals surface area contributed by atoms with E-state index in [1.54, 1.807) is 12.1 Å². The Morgan fingerprint density at radius 3 is 2.33 bits per heavy atom. The van der Waals surface area contributed by atoms with Gasteiger partial charge in [-0.25, -0.2) is 8.78 Å². The van der Waals surface area contributed by atoms with E-state index in [4.69, 9.17) is 11.5 Å². The first-order valence-corrected chi connectivity index (χ1v) is 6.34. The van der Waals surface area contributed by atoms with Crippen LogP contribution in [0.4, 0.5) is 20.2 Å². The summed E-state index contributed by atoms with van der Waals surface area (Å²) < 4.78 is 26.1. The molecule has 0 unspecified atom stereocenters. The Bertz CT molecular complexity index is 654. The van der Waals surface area contributed by atoms with Crippen molar-refractivity contribution in [2.24, 2.45) is 5.73 Å². The van der Waals surface area contributed by atoms with E-state index in [-0.39, 0.29) is 0 Å². The fraction of sp³-hybridized carbons (Fsp3) is 0.133. The summed E-state index contributed by atoms with van der Waals surface area (Å²) in [5, 5.41) is 3.04. The minimum Gasteiger partial charge on any atom is -0.397 e. The minimum absolute atomic E-state index is 0.324. The zero-order valence-corrected chi connectivity index (χ0v) is 11.2. The van der Waals surface area contributed by atoms with Crippen LogP contribution < -0.4 is 16.8 Å². The molecule has 0 fully saturated rings. The van der Waals surface area contributed by atoms with Gasteiger partial charge >= 0.3 is 0 Å². The summed E-state index contributed by atoms with van der Waals surface area (Å²) in [6, 6.07) is 8.07. The summed E-state index contributed by atoms with van der Waals surface area (Å²) in [6.45, 7) is 0.447. The normalized spacial score (nSPS) is 10.4. The molecular weight excluding hydrogens is 276 g/mol. The molecule has 0 aliphatic carbocycles. The Balaban J connectivity index is 1.98. The van der Waals surface area contributed by atoms with Gasteiger partial charge in [-0.3, -0.25) is 4.79 Å². The van der Waals surface area contributed by atoms with Crippen LogP contribution in [0.5, 0.6) is 0 Å². The second-order valence-corrected chi connectivity index (χ2v) is 4.62. The predicted molar refractivity (Wildman–Crippen MR) is 77.9 cm³/mol. The summed E-state index contributed by atoms with van der Waals surface area (Å²) >= 11 is 0. The maximum Gasteiger partial charge on any atom is 0.248 e. The molecule has 21 heavy (non-hydrogen) atoms. The van der Waals surface area contributed by atoms with Crippen LogP contribution in [0.15, 0.2) is 36.4 Å². The third-order valence-electron chi connectivity index (χ3n) is 2.99. The molecule has 0 spiro atoms. The smallest absolute Gasteiger partial charge is 0.248 e. The van der Waals surface area contributed by atoms with Crippen LogP contribution in [0.1, 0.15) is 15.9 Å². The van der Waals surface area contributed by atoms with E-state index in [9.17, 15) is 13.6 Å². The zero-order chi connectivity index (χ0) is 15.4. The summed E-state index contributed by atoms with van der Waals surface area (Å²) in [4.78, 5) is 11.0. The number of halogens is 2. The Morgan fingerprint density at radius 2 is 1.76 bits per heavy atom. The van der Waals surface area contributed by atoms with Gasteiger partial charge in [-0.05, 0) is 42.3 Å². The van der Waals surface area contributed by atoms with Gasteiger partial charge in [0.25, 0.3) is 0 Å². The van der Waals surface area contributed by atoms with Crippen molar-refractivity contribution < 1.29 is 13.6 Å². The van der Waals surface area contributed by atoms with Crippen molar-refractivity contribution in [2.45, 2.75) is 6.42 Å². The zero-order valence-electron chi connectivity index (χ0n) is 11.2. The summed E-state index contributed by atoms with van der Waals surface area (Å²) in [6.07, 6.45) is 0.436. The lowest BCUT2D eigenvalue weighted by molar-refractivity contribution is 0.100. The predicted octanol–water partition coefficient (Wildman–Crippen LogP) is 2.30. The van der Waals surface area contributed by atoms with Crippen LogP contribution in [-0.4, -0.2) is 12.5 Å². The Morgan fingerprint density at radius 1 is 1.10 bits per heavy atom. The molecule has 0 bridgehead atoms. The number of benzene rings is 2. The summed E-state index contributed by atoms with van der Waals surface area (Å²) in [5.74, 6) is -1.76. The quantitative estimate of drug-likeness (QED) is 0.739. The molecule has 0 aromatic heterocycles. The third-order valence-corrected chi connectivity index (χ3v) is 2.99. The van der Waals surface area contributed by atoms with Crippen molar-refractivity contribution in [3.63, 3.8) is 0 Å². The van der Waals surface area contributed by atoms with Crippen LogP contribution >= 0.6 is 0 Å². The second kappa shape index (κ2) is 6.21. The van der Waals surface area contributed by atoms with Crippen LogP contribution in [0.25, 0.3) is 0 Å². The Kier molecular flexibility index (Phi) is 4.37. The summed E-state index contributed by atoms with van der Waals surface area (Å²) in [7, 11) is 0. The number of carbonyl (C=O) groups is 1. The number of rotatable bonds is 5. The highest BCUT2D eigenvalue weighted by Crippen LogP contribution is 2.19. The first-order chi connectivity index (χ1) is 9.95. The summed E-state index contributed by atoms with van der Waals surface area (Å²) in [5.41, 5.74) is 12.8. The van der Waals surface area contributed by atoms with E-state index in [1.807, 2.05) is 0 Å². The molecule has 0 aliphatic heterocycles. The number of carbonyl (C=O) groups excluding carboxylic acids is 1. The lowest BCUT2D eigenvalue weighted by Gasteiger charge is -2.10. The van der Waals surface area contributed by atoms with Gasteiger partial charge in [0.2, 0.25) is 5.91 Å². The van der Waals surface area contributed by atoms with Gasteiger partial charge in [-0.2, -0.15) is 0 Å². The van der Waals surface area contributed by atoms with E-state index >= 15 is 0 Å². The molecule has 1 amide bonds. The monoisotopic (exact) mass is 291 g/mol. The van der Waals surface area contributed by atoms with E-state index < -0.39 is 17.5 Å². The van der Waals surface area contributed by atoms with Crippen LogP contribution in [0.3, 0.4) is 0 Å². The van der Waals surface area contributed by atoms with Crippen LogP contribution in [-0.2, 0) is 6.42 Å². The maximum atomic E-state index is 13.0. The lowest BCUT2D eigenvalue weighted by atomic mass is 10.1. The molecule has 2 aromatic rings. The molecule has 0 saturated carbocycles. The first kappa shape index (κ1) is 14.8. The van der Waals surface area contributed by atoms with Crippen molar-refractivity contribution in [3.05, 3.63) is 59.2 Å². The van der Waals surface area contributed by atoms with E-state index in [1.165, 1.54) is 18.2 Å². The van der Waals surface area contributed by atoms with Gasteiger partial charge in [0.05, 0.1) is 11.4 Å². The molecule has 0 aliphatic rings. The third kappa shape index (κ3) is 3.92. The minimum atomic E-state index is -0.602. The fourth-order valence-electron chi connectivity index (χ4n) is 1.97. The van der Waals surface area contributed by atoms with Gasteiger partial charge in [-0.1, -0.05) is 0 Å². The molecule has 4 nitrogen and oxygen atoms in total. The van der Waals surface area contributed by atoms with Gasteiger partial charge in [0.1, 0.15) is 11.6 Å². The van der Waals surface area contributed by atoms with Crippen molar-refractivity contribution in [1.82, 2.24) is 0 Å². The molecule has 110 valence electrons. The number of nitrogen functional groups attached to an aromatic ring is 1. The van der Waals surface area contributed by atoms with Crippen molar-refractivity contribution >= 4 is 17.3 Å². The number of anilines is 2. The number of nitrogens with two attached hydrogens (primary N) is 2. The average molecular weight is 291 g/mol. The molecule has 2 aromatic carbocycles. The lowest BCUT2D eigenvalue weighted by Crippen LogP contribution is -2.12. The molecule has 0 radical (unpaired) electrons. The topological polar surface area (TPSA) is 81.1 Å². The van der Waals surface area contributed by atoms with Crippen LogP contribution in [0.2, 0.25) is 0 Å². The molecule has 6 heteroatoms. The number of hydrogen-bond donors (Lipinski definition) is 3. The fourth-order valence-corrected chi connectivity index (χ4v) is 1.97. The van der Waals surface area contributed by atoms with Crippen molar-refractivity contribution in [2.75, 3.05) is 17.6 Å². The number of hydrogen-bond acceptors (Lipinski definition) is 3. The molecule has 0 saturated heterocycles. The molecule has 0 atom stereocenters. The Labute approximate surface area is 120 Å².